The standard InChI is InChI=1S/C22H25N3O4S/c1-14-10-11-16(13-25-21(26)17-7-3-4-8-18(17)22(25)27)12-19(14)30(28,29)24-20-9-5-6-15(2)23-20/h5-6,9-12,17-18H,3-4,7-8,13H2,1-2H3,(H,23,24)/t17-,18-/m1/s1. The molecule has 0 radical (unpaired) electrons. The van der Waals surface area contributed by atoms with Crippen molar-refractivity contribution in [2.24, 2.45) is 11.8 Å². The Labute approximate surface area is 176 Å². The summed E-state index contributed by atoms with van der Waals surface area (Å²) >= 11 is 0. The van der Waals surface area contributed by atoms with Crippen LogP contribution in [0.15, 0.2) is 41.3 Å². The minimum Gasteiger partial charge on any atom is -0.278 e. The van der Waals surface area contributed by atoms with Gasteiger partial charge >= 0.3 is 0 Å². The third-order valence-electron chi connectivity index (χ3n) is 5.94. The number of nitrogens with zero attached hydrogens (tertiary/aromatic N) is 2. The lowest BCUT2D eigenvalue weighted by Gasteiger charge is -2.19. The van der Waals surface area contributed by atoms with E-state index in [4.69, 9.17) is 0 Å². The van der Waals surface area contributed by atoms with Crippen LogP contribution < -0.4 is 4.72 Å². The number of hydrogen-bond acceptors (Lipinski definition) is 5. The van der Waals surface area contributed by atoms with Gasteiger partial charge in [-0.2, -0.15) is 0 Å². The number of aromatic nitrogens is 1. The van der Waals surface area contributed by atoms with Gasteiger partial charge in [-0.3, -0.25) is 19.2 Å². The lowest BCUT2D eigenvalue weighted by Crippen LogP contribution is -2.30. The molecule has 2 aromatic rings. The summed E-state index contributed by atoms with van der Waals surface area (Å²) in [4.78, 5) is 31.1. The number of carbonyl (C=O) groups is 2. The van der Waals surface area contributed by atoms with Crippen LogP contribution in [0.5, 0.6) is 0 Å². The molecule has 1 aliphatic heterocycles. The average molecular weight is 428 g/mol. The molecular formula is C22H25N3O4S. The number of hydrogen-bond donors (Lipinski definition) is 1. The number of likely N-dealkylation sites (tertiary alicyclic amines) is 1. The van der Waals surface area contributed by atoms with E-state index in [2.05, 4.69) is 9.71 Å². The van der Waals surface area contributed by atoms with E-state index in [0.717, 1.165) is 25.7 Å². The molecule has 0 bridgehead atoms. The lowest BCUT2D eigenvalue weighted by atomic mass is 9.81. The van der Waals surface area contributed by atoms with Crippen molar-refractivity contribution < 1.29 is 18.0 Å². The normalized spacial score (nSPS) is 21.6. The summed E-state index contributed by atoms with van der Waals surface area (Å²) in [6.45, 7) is 3.59. The Balaban J connectivity index is 1.59. The molecule has 2 fully saturated rings. The summed E-state index contributed by atoms with van der Waals surface area (Å²) in [7, 11) is -3.87. The molecule has 1 saturated heterocycles. The fourth-order valence-electron chi connectivity index (χ4n) is 4.39. The molecule has 1 N–H and O–H groups in total. The number of aryl methyl sites for hydroxylation is 2. The molecule has 8 heteroatoms. The zero-order valence-corrected chi connectivity index (χ0v) is 17.9. The minimum absolute atomic E-state index is 0.0934. The van der Waals surface area contributed by atoms with E-state index in [-0.39, 0.29) is 40.9 Å². The van der Waals surface area contributed by atoms with Gasteiger partial charge in [0.1, 0.15) is 5.82 Å². The van der Waals surface area contributed by atoms with Crippen LogP contribution in [-0.2, 0) is 26.2 Å². The van der Waals surface area contributed by atoms with Crippen molar-refractivity contribution in [2.45, 2.75) is 51.0 Å². The summed E-state index contributed by atoms with van der Waals surface area (Å²) in [6.07, 6.45) is 3.46. The van der Waals surface area contributed by atoms with Gasteiger partial charge in [0.2, 0.25) is 11.8 Å². The van der Waals surface area contributed by atoms with E-state index in [1.165, 1.54) is 11.0 Å². The van der Waals surface area contributed by atoms with Crippen LogP contribution in [0.4, 0.5) is 5.82 Å². The van der Waals surface area contributed by atoms with Crippen molar-refractivity contribution in [1.29, 1.82) is 0 Å². The van der Waals surface area contributed by atoms with E-state index >= 15 is 0 Å². The maximum atomic E-state index is 13.0. The Bertz CT molecular complexity index is 1090. The number of carbonyl (C=O) groups excluding carboxylic acids is 2. The van der Waals surface area contributed by atoms with Gasteiger partial charge in [-0.05, 0) is 56.0 Å². The Kier molecular flexibility index (Phi) is 5.36. The molecule has 158 valence electrons. The number of anilines is 1. The number of amides is 2. The summed E-state index contributed by atoms with van der Waals surface area (Å²) in [5.41, 5.74) is 1.89. The summed E-state index contributed by atoms with van der Waals surface area (Å²) in [5.74, 6) is -0.440. The van der Waals surface area contributed by atoms with Gasteiger partial charge in [-0.15, -0.1) is 0 Å². The van der Waals surface area contributed by atoms with E-state index < -0.39 is 10.0 Å². The number of sulfonamides is 1. The number of benzene rings is 1. The highest BCUT2D eigenvalue weighted by molar-refractivity contribution is 7.92. The lowest BCUT2D eigenvalue weighted by molar-refractivity contribution is -0.140. The fourth-order valence-corrected chi connectivity index (χ4v) is 5.69. The first-order valence-electron chi connectivity index (χ1n) is 10.2. The number of rotatable bonds is 5. The minimum atomic E-state index is -3.87. The van der Waals surface area contributed by atoms with Gasteiger partial charge in [0.25, 0.3) is 10.0 Å². The van der Waals surface area contributed by atoms with Gasteiger partial charge in [0.05, 0.1) is 23.3 Å². The zero-order chi connectivity index (χ0) is 21.5. The largest absolute Gasteiger partial charge is 0.278 e. The molecule has 7 nitrogen and oxygen atoms in total. The van der Waals surface area contributed by atoms with E-state index in [0.29, 0.717) is 16.8 Å². The van der Waals surface area contributed by atoms with Crippen LogP contribution in [0.25, 0.3) is 0 Å². The highest BCUT2D eigenvalue weighted by atomic mass is 32.2. The van der Waals surface area contributed by atoms with E-state index in [9.17, 15) is 18.0 Å². The molecule has 30 heavy (non-hydrogen) atoms. The predicted molar refractivity (Wildman–Crippen MR) is 112 cm³/mol. The van der Waals surface area contributed by atoms with Gasteiger partial charge in [-0.25, -0.2) is 13.4 Å². The molecule has 0 unspecified atom stereocenters. The number of nitrogens with one attached hydrogen (secondary N) is 1. The third-order valence-corrected chi connectivity index (χ3v) is 7.44. The average Bonchev–Trinajstić information content (AvgIpc) is 2.94. The maximum absolute atomic E-state index is 13.0. The second-order valence-corrected chi connectivity index (χ2v) is 9.78. The van der Waals surface area contributed by atoms with Crippen LogP contribution in [0.1, 0.15) is 42.5 Å². The fraction of sp³-hybridized carbons (Fsp3) is 0.409. The quantitative estimate of drug-likeness (QED) is 0.740. The van der Waals surface area contributed by atoms with Crippen molar-refractivity contribution in [1.82, 2.24) is 9.88 Å². The third kappa shape index (κ3) is 3.84. The maximum Gasteiger partial charge on any atom is 0.263 e. The first-order valence-corrected chi connectivity index (χ1v) is 11.7. The second kappa shape index (κ2) is 7.83. The molecule has 1 aromatic heterocycles. The molecule has 2 atom stereocenters. The Hall–Kier alpha value is -2.74. The molecule has 2 aliphatic rings. The van der Waals surface area contributed by atoms with Crippen LogP contribution in [0.2, 0.25) is 0 Å². The molecular weight excluding hydrogens is 402 g/mol. The molecule has 2 heterocycles. The predicted octanol–water partition coefficient (Wildman–Crippen LogP) is 3.17. The highest BCUT2D eigenvalue weighted by Gasteiger charge is 2.47. The van der Waals surface area contributed by atoms with Crippen LogP contribution >= 0.6 is 0 Å². The summed E-state index contributed by atoms with van der Waals surface area (Å²) in [6, 6.07) is 10.1. The van der Waals surface area contributed by atoms with Crippen LogP contribution in [0.3, 0.4) is 0 Å². The first kappa shape index (κ1) is 20.5. The number of imide groups is 1. The number of pyridine rings is 1. The van der Waals surface area contributed by atoms with Crippen molar-refractivity contribution in [3.8, 4) is 0 Å². The molecule has 0 spiro atoms. The van der Waals surface area contributed by atoms with Crippen molar-refractivity contribution in [3.05, 3.63) is 53.2 Å². The van der Waals surface area contributed by atoms with Gasteiger partial charge < -0.3 is 0 Å². The molecule has 4 rings (SSSR count). The van der Waals surface area contributed by atoms with Crippen molar-refractivity contribution >= 4 is 27.7 Å². The number of fused-ring (bicyclic) bond motifs is 1. The van der Waals surface area contributed by atoms with Gasteiger partial charge in [0, 0.05) is 5.69 Å². The SMILES string of the molecule is Cc1cccc(NS(=O)(=O)c2cc(CN3C(=O)[C@@H]4CCCC[C@H]4C3=O)ccc2C)n1. The summed E-state index contributed by atoms with van der Waals surface area (Å²) in [5, 5.41) is 0. The Morgan fingerprint density at radius 2 is 1.70 bits per heavy atom. The topological polar surface area (TPSA) is 96.4 Å². The van der Waals surface area contributed by atoms with E-state index in [1.54, 1.807) is 44.2 Å². The van der Waals surface area contributed by atoms with Crippen LogP contribution in [0, 0.1) is 25.7 Å². The van der Waals surface area contributed by atoms with Gasteiger partial charge in [0.15, 0.2) is 0 Å². The van der Waals surface area contributed by atoms with Crippen LogP contribution in [-0.4, -0.2) is 30.1 Å². The molecule has 1 saturated carbocycles. The summed E-state index contributed by atoms with van der Waals surface area (Å²) < 4.78 is 28.4. The monoisotopic (exact) mass is 427 g/mol. The van der Waals surface area contributed by atoms with Crippen molar-refractivity contribution in [3.63, 3.8) is 0 Å². The molecule has 2 amide bonds. The zero-order valence-electron chi connectivity index (χ0n) is 17.1. The van der Waals surface area contributed by atoms with Crippen molar-refractivity contribution in [2.75, 3.05) is 4.72 Å². The Morgan fingerprint density at radius 3 is 2.33 bits per heavy atom. The van der Waals surface area contributed by atoms with Gasteiger partial charge in [-0.1, -0.05) is 31.0 Å². The highest BCUT2D eigenvalue weighted by Crippen LogP contribution is 2.38. The second-order valence-electron chi connectivity index (χ2n) is 8.13. The van der Waals surface area contributed by atoms with E-state index in [1.807, 2.05) is 0 Å². The first-order chi connectivity index (χ1) is 14.3. The molecule has 1 aromatic carbocycles. The Morgan fingerprint density at radius 1 is 1.03 bits per heavy atom. The smallest absolute Gasteiger partial charge is 0.263 e. The molecule has 1 aliphatic carbocycles.